The van der Waals surface area contributed by atoms with E-state index >= 15 is 0 Å². The minimum absolute atomic E-state index is 0.0285. The van der Waals surface area contributed by atoms with Crippen molar-refractivity contribution in [3.8, 4) is 11.1 Å². The first-order chi connectivity index (χ1) is 15.0. The van der Waals surface area contributed by atoms with E-state index in [0.717, 1.165) is 54.1 Å². The quantitative estimate of drug-likeness (QED) is 0.676. The van der Waals surface area contributed by atoms with Crippen LogP contribution in [0.3, 0.4) is 0 Å². The van der Waals surface area contributed by atoms with Crippen LogP contribution in [0.25, 0.3) is 21.9 Å². The van der Waals surface area contributed by atoms with Crippen molar-refractivity contribution >= 4 is 22.5 Å². The van der Waals surface area contributed by atoms with Gasteiger partial charge in [-0.2, -0.15) is 5.10 Å². The first-order valence-electron chi connectivity index (χ1n) is 11.1. The number of nitrogens with zero attached hydrogens (tertiary/aromatic N) is 4. The number of amides is 1. The molecule has 0 radical (unpaired) electrons. The third-order valence-corrected chi connectivity index (χ3v) is 6.66. The molecule has 2 aliphatic rings. The lowest BCUT2D eigenvalue weighted by molar-refractivity contribution is -0.121. The first kappa shape index (κ1) is 20.1. The number of aromatic nitrogens is 3. The molecule has 1 aliphatic carbocycles. The molecule has 2 fully saturated rings. The molecule has 1 aromatic carbocycles. The van der Waals surface area contributed by atoms with Crippen LogP contribution in [0.4, 0.5) is 10.2 Å². The topological polar surface area (TPSA) is 63.1 Å². The van der Waals surface area contributed by atoms with E-state index in [-0.39, 0.29) is 11.8 Å². The number of pyridine rings is 1. The number of anilines is 1. The summed E-state index contributed by atoms with van der Waals surface area (Å²) in [5.74, 6) is 1.26. The van der Waals surface area contributed by atoms with Crippen molar-refractivity contribution in [2.45, 2.75) is 31.9 Å². The first-order valence-corrected chi connectivity index (χ1v) is 11.1. The number of benzene rings is 1. The van der Waals surface area contributed by atoms with Crippen molar-refractivity contribution in [2.75, 3.05) is 25.0 Å². The highest BCUT2D eigenvalue weighted by atomic mass is 19.1. The number of alkyl halides is 1. The zero-order valence-electron chi connectivity index (χ0n) is 17.8. The summed E-state index contributed by atoms with van der Waals surface area (Å²) in [6.45, 7) is 2.13. The number of hydrogen-bond donors (Lipinski definition) is 1. The minimum Gasteiger partial charge on any atom is -0.310 e. The molecule has 0 spiro atoms. The molecule has 1 amide bonds. The fourth-order valence-electron chi connectivity index (χ4n) is 4.82. The molecule has 162 valence electrons. The maximum Gasteiger partial charge on any atom is 0.228 e. The van der Waals surface area contributed by atoms with E-state index in [9.17, 15) is 9.18 Å². The van der Waals surface area contributed by atoms with Crippen molar-refractivity contribution in [3.63, 3.8) is 0 Å². The summed E-state index contributed by atoms with van der Waals surface area (Å²) in [7, 11) is 1.90. The molecule has 5 rings (SSSR count). The van der Waals surface area contributed by atoms with E-state index in [4.69, 9.17) is 0 Å². The Kier molecular flexibility index (Phi) is 5.44. The summed E-state index contributed by atoms with van der Waals surface area (Å²) in [5, 5.41) is 9.34. The van der Waals surface area contributed by atoms with Crippen LogP contribution in [0.15, 0.2) is 42.9 Å². The number of fused-ring (bicyclic) bond motifs is 1. The Labute approximate surface area is 181 Å². The van der Waals surface area contributed by atoms with Gasteiger partial charge >= 0.3 is 0 Å². The predicted octanol–water partition coefficient (Wildman–Crippen LogP) is 4.03. The van der Waals surface area contributed by atoms with Gasteiger partial charge in [-0.1, -0.05) is 12.1 Å². The van der Waals surface area contributed by atoms with E-state index in [2.05, 4.69) is 32.4 Å². The van der Waals surface area contributed by atoms with E-state index in [0.29, 0.717) is 24.8 Å². The zero-order valence-corrected chi connectivity index (χ0v) is 17.8. The number of aryl methyl sites for hydroxylation is 1. The van der Waals surface area contributed by atoms with Crippen LogP contribution < -0.4 is 5.32 Å². The summed E-state index contributed by atoms with van der Waals surface area (Å²) in [6.07, 6.45) is 8.84. The summed E-state index contributed by atoms with van der Waals surface area (Å²) < 4.78 is 14.8. The molecular formula is C24H28FN5O. The van der Waals surface area contributed by atoms with Crippen LogP contribution in [-0.2, 0) is 11.8 Å². The van der Waals surface area contributed by atoms with Crippen LogP contribution in [0.2, 0.25) is 0 Å². The number of rotatable bonds is 5. The van der Waals surface area contributed by atoms with Gasteiger partial charge in [-0.25, -0.2) is 9.37 Å². The summed E-state index contributed by atoms with van der Waals surface area (Å²) in [6, 6.07) is 8.15. The number of halogens is 1. The number of carbonyl (C=O) groups is 1. The molecule has 6 nitrogen and oxygen atoms in total. The van der Waals surface area contributed by atoms with Gasteiger partial charge in [-0.05, 0) is 54.7 Å². The van der Waals surface area contributed by atoms with E-state index in [1.165, 1.54) is 0 Å². The standard InChI is InChI=1S/C24H28FN5O/c1-29-13-21(11-27-29)18-6-7-19-10-26-23(9-20(19)8-18)28-24(31)17-4-2-16(3-5-17)12-30-14-22(25)15-30/h6-11,13,16-17,22H,2-5,12,14-15H2,1H3,(H,26,28,31)/t16-,17-. The van der Waals surface area contributed by atoms with Gasteiger partial charge < -0.3 is 5.32 Å². The fourth-order valence-corrected chi connectivity index (χ4v) is 4.82. The minimum atomic E-state index is -0.642. The van der Waals surface area contributed by atoms with Gasteiger partial charge in [0, 0.05) is 55.9 Å². The van der Waals surface area contributed by atoms with Gasteiger partial charge in [0.1, 0.15) is 12.0 Å². The van der Waals surface area contributed by atoms with Crippen LogP contribution >= 0.6 is 0 Å². The highest BCUT2D eigenvalue weighted by Gasteiger charge is 2.31. The highest BCUT2D eigenvalue weighted by Crippen LogP contribution is 2.31. The lowest BCUT2D eigenvalue weighted by Gasteiger charge is -2.38. The predicted molar refractivity (Wildman–Crippen MR) is 119 cm³/mol. The van der Waals surface area contributed by atoms with E-state index in [1.807, 2.05) is 31.6 Å². The Bertz CT molecular complexity index is 1080. The normalized spacial score (nSPS) is 22.4. The lowest BCUT2D eigenvalue weighted by Crippen LogP contribution is -2.50. The second-order valence-corrected chi connectivity index (χ2v) is 9.06. The van der Waals surface area contributed by atoms with Gasteiger partial charge in [0.05, 0.1) is 6.20 Å². The monoisotopic (exact) mass is 421 g/mol. The number of nitrogens with one attached hydrogen (secondary N) is 1. The van der Waals surface area contributed by atoms with Gasteiger partial charge in [-0.3, -0.25) is 14.4 Å². The maximum atomic E-state index is 13.0. The van der Waals surface area contributed by atoms with Gasteiger partial charge in [0.25, 0.3) is 0 Å². The Hall–Kier alpha value is -2.80. The number of carbonyl (C=O) groups excluding carboxylic acids is 1. The molecule has 2 aromatic heterocycles. The number of hydrogen-bond acceptors (Lipinski definition) is 4. The van der Waals surface area contributed by atoms with Gasteiger partial charge in [-0.15, -0.1) is 0 Å². The second kappa shape index (κ2) is 8.38. The third kappa shape index (κ3) is 4.46. The molecule has 3 aromatic rings. The SMILES string of the molecule is Cn1cc(-c2ccc3cnc(NC(=O)[C@H]4CC[C@H](CN5CC(F)C5)CC4)cc3c2)cn1. The summed E-state index contributed by atoms with van der Waals surface area (Å²) in [5.41, 5.74) is 2.15. The Balaban J connectivity index is 1.21. The Morgan fingerprint density at radius 1 is 1.10 bits per heavy atom. The average molecular weight is 422 g/mol. The van der Waals surface area contributed by atoms with Crippen molar-refractivity contribution < 1.29 is 9.18 Å². The number of likely N-dealkylation sites (tertiary alicyclic amines) is 1. The molecule has 3 heterocycles. The molecule has 1 saturated carbocycles. The highest BCUT2D eigenvalue weighted by molar-refractivity contribution is 5.95. The van der Waals surface area contributed by atoms with Crippen LogP contribution in [0.5, 0.6) is 0 Å². The van der Waals surface area contributed by atoms with Gasteiger partial charge in [0.2, 0.25) is 5.91 Å². The van der Waals surface area contributed by atoms with Crippen molar-refractivity contribution in [1.29, 1.82) is 0 Å². The molecule has 31 heavy (non-hydrogen) atoms. The molecule has 0 unspecified atom stereocenters. The molecule has 0 atom stereocenters. The van der Waals surface area contributed by atoms with Crippen LogP contribution in [0, 0.1) is 11.8 Å². The largest absolute Gasteiger partial charge is 0.310 e. The summed E-state index contributed by atoms with van der Waals surface area (Å²) in [4.78, 5) is 19.4. The molecule has 0 bridgehead atoms. The maximum absolute atomic E-state index is 13.0. The zero-order chi connectivity index (χ0) is 21.4. The molecule has 7 heteroatoms. The molecule has 1 saturated heterocycles. The Morgan fingerprint density at radius 3 is 2.61 bits per heavy atom. The molecular weight excluding hydrogens is 393 g/mol. The van der Waals surface area contributed by atoms with Gasteiger partial charge in [0.15, 0.2) is 0 Å². The van der Waals surface area contributed by atoms with E-state index in [1.54, 1.807) is 10.9 Å². The third-order valence-electron chi connectivity index (χ3n) is 6.66. The fraction of sp³-hybridized carbons (Fsp3) is 0.458. The van der Waals surface area contributed by atoms with E-state index < -0.39 is 6.17 Å². The lowest BCUT2D eigenvalue weighted by atomic mass is 9.81. The van der Waals surface area contributed by atoms with Crippen molar-refractivity contribution in [2.24, 2.45) is 18.9 Å². The van der Waals surface area contributed by atoms with Crippen LogP contribution in [0.1, 0.15) is 25.7 Å². The van der Waals surface area contributed by atoms with Crippen molar-refractivity contribution in [1.82, 2.24) is 19.7 Å². The molecule has 1 aliphatic heterocycles. The average Bonchev–Trinajstić information content (AvgIpc) is 3.19. The summed E-state index contributed by atoms with van der Waals surface area (Å²) >= 11 is 0. The second-order valence-electron chi connectivity index (χ2n) is 9.06. The van der Waals surface area contributed by atoms with Crippen molar-refractivity contribution in [3.05, 3.63) is 42.9 Å². The molecule has 1 N–H and O–H groups in total. The smallest absolute Gasteiger partial charge is 0.228 e. The van der Waals surface area contributed by atoms with Crippen LogP contribution in [-0.4, -0.2) is 51.4 Å². The Morgan fingerprint density at radius 2 is 1.90 bits per heavy atom.